The molecule has 1 saturated heterocycles. The first-order valence-corrected chi connectivity index (χ1v) is 12.1. The molecule has 0 spiro atoms. The molecule has 0 atom stereocenters. The molecule has 0 unspecified atom stereocenters. The van der Waals surface area contributed by atoms with Gasteiger partial charge in [-0.1, -0.05) is 41.9 Å². The van der Waals surface area contributed by atoms with Crippen molar-refractivity contribution in [1.29, 1.82) is 0 Å². The summed E-state index contributed by atoms with van der Waals surface area (Å²) in [5.41, 5.74) is 1.23. The van der Waals surface area contributed by atoms with Gasteiger partial charge in [-0.3, -0.25) is 4.79 Å². The van der Waals surface area contributed by atoms with Gasteiger partial charge in [-0.2, -0.15) is 5.10 Å². The zero-order valence-electron chi connectivity index (χ0n) is 17.3. The largest absolute Gasteiger partial charge is 0.356 e. The summed E-state index contributed by atoms with van der Waals surface area (Å²) < 4.78 is 1.83. The molecule has 164 valence electrons. The quantitative estimate of drug-likeness (QED) is 0.392. The van der Waals surface area contributed by atoms with Crippen molar-refractivity contribution in [3.05, 3.63) is 40.0 Å². The minimum atomic E-state index is -0.230. The Hall–Kier alpha value is -2.03. The van der Waals surface area contributed by atoms with E-state index in [9.17, 15) is 4.79 Å². The summed E-state index contributed by atoms with van der Waals surface area (Å²) in [4.78, 5) is 24.3. The van der Waals surface area contributed by atoms with E-state index in [2.05, 4.69) is 22.2 Å². The van der Waals surface area contributed by atoms with Crippen LogP contribution in [-0.2, 0) is 6.54 Å². The van der Waals surface area contributed by atoms with E-state index in [0.717, 1.165) is 40.9 Å². The van der Waals surface area contributed by atoms with Gasteiger partial charge in [-0.25, -0.2) is 14.6 Å². The molecular weight excluding hydrogens is 455 g/mol. The summed E-state index contributed by atoms with van der Waals surface area (Å²) in [6.45, 7) is 5.00. The monoisotopic (exact) mass is 478 g/mol. The van der Waals surface area contributed by atoms with Crippen molar-refractivity contribution in [3.8, 4) is 0 Å². The molecule has 2 aromatic heterocycles. The first-order chi connectivity index (χ1) is 15.0. The van der Waals surface area contributed by atoms with E-state index in [4.69, 9.17) is 33.2 Å². The molecular formula is C21H24Cl2N6OS. The van der Waals surface area contributed by atoms with Crippen molar-refractivity contribution in [3.63, 3.8) is 0 Å². The molecule has 7 nitrogen and oxygen atoms in total. The molecule has 4 rings (SSSR count). The number of hydrogen-bond acceptors (Lipinski definition) is 6. The molecule has 3 aromatic rings. The van der Waals surface area contributed by atoms with Crippen LogP contribution >= 0.6 is 35.0 Å². The number of nitrogens with one attached hydrogen (secondary N) is 1. The maximum atomic E-state index is 12.4. The third-order valence-electron chi connectivity index (χ3n) is 5.12. The van der Waals surface area contributed by atoms with Gasteiger partial charge in [0.25, 0.3) is 5.91 Å². The highest BCUT2D eigenvalue weighted by atomic mass is 35.5. The van der Waals surface area contributed by atoms with Crippen LogP contribution in [0.25, 0.3) is 11.0 Å². The number of halogens is 2. The van der Waals surface area contributed by atoms with Crippen LogP contribution in [0.1, 0.15) is 36.5 Å². The lowest BCUT2D eigenvalue weighted by molar-refractivity contribution is 0.0952. The Morgan fingerprint density at radius 1 is 1.13 bits per heavy atom. The van der Waals surface area contributed by atoms with Crippen LogP contribution in [0, 0.1) is 0 Å². The van der Waals surface area contributed by atoms with Crippen LogP contribution in [0.3, 0.4) is 0 Å². The van der Waals surface area contributed by atoms with Crippen LogP contribution in [0.2, 0.25) is 10.0 Å². The molecule has 0 bridgehead atoms. The van der Waals surface area contributed by atoms with Crippen molar-refractivity contribution >= 4 is 57.7 Å². The number of thioether (sulfide) groups is 1. The van der Waals surface area contributed by atoms with E-state index in [1.165, 1.54) is 19.3 Å². The van der Waals surface area contributed by atoms with Crippen molar-refractivity contribution in [2.45, 2.75) is 37.9 Å². The standard InChI is InChI=1S/C21H24Cl2N6OS/c1-2-31-21-26-18(28-7-4-3-5-8-28)17-13-25-29(19(17)27-21)9-6-24-20(30)14-10-15(22)12-16(23)11-14/h10-13H,2-9H2,1H3,(H,24,30). The minimum Gasteiger partial charge on any atom is -0.356 e. The Morgan fingerprint density at radius 2 is 1.87 bits per heavy atom. The highest BCUT2D eigenvalue weighted by molar-refractivity contribution is 7.99. The zero-order valence-corrected chi connectivity index (χ0v) is 19.6. The molecule has 1 aromatic carbocycles. The third-order valence-corrected chi connectivity index (χ3v) is 6.28. The van der Waals surface area contributed by atoms with E-state index in [1.54, 1.807) is 30.0 Å². The fraction of sp³-hybridized carbons (Fsp3) is 0.429. The number of nitrogens with zero attached hydrogens (tertiary/aromatic N) is 5. The summed E-state index contributed by atoms with van der Waals surface area (Å²) in [7, 11) is 0. The Labute approximate surface area is 195 Å². The number of fused-ring (bicyclic) bond motifs is 1. The van der Waals surface area contributed by atoms with Crippen molar-refractivity contribution in [1.82, 2.24) is 25.1 Å². The Bertz CT molecular complexity index is 1060. The maximum Gasteiger partial charge on any atom is 0.251 e. The molecule has 10 heteroatoms. The van der Waals surface area contributed by atoms with Crippen molar-refractivity contribution < 1.29 is 4.79 Å². The lowest BCUT2D eigenvalue weighted by atomic mass is 10.1. The number of anilines is 1. The van der Waals surface area contributed by atoms with E-state index in [1.807, 2.05) is 10.9 Å². The number of carbonyl (C=O) groups excluding carboxylic acids is 1. The normalized spacial score (nSPS) is 14.2. The van der Waals surface area contributed by atoms with Gasteiger partial charge in [0, 0.05) is 35.2 Å². The van der Waals surface area contributed by atoms with Crippen molar-refractivity contribution in [2.75, 3.05) is 30.3 Å². The zero-order chi connectivity index (χ0) is 21.8. The molecule has 1 fully saturated rings. The lowest BCUT2D eigenvalue weighted by Crippen LogP contribution is -2.30. The van der Waals surface area contributed by atoms with Gasteiger partial charge in [0.15, 0.2) is 10.8 Å². The number of carbonyl (C=O) groups is 1. The Morgan fingerprint density at radius 3 is 2.58 bits per heavy atom. The summed E-state index contributed by atoms with van der Waals surface area (Å²) >= 11 is 13.6. The number of piperidine rings is 1. The van der Waals surface area contributed by atoms with Gasteiger partial charge in [0.05, 0.1) is 18.1 Å². The average Bonchev–Trinajstić information content (AvgIpc) is 3.16. The Kier molecular flexibility index (Phi) is 7.20. The molecule has 31 heavy (non-hydrogen) atoms. The predicted molar refractivity (Wildman–Crippen MR) is 127 cm³/mol. The molecule has 1 amide bonds. The smallest absolute Gasteiger partial charge is 0.251 e. The maximum absolute atomic E-state index is 12.4. The lowest BCUT2D eigenvalue weighted by Gasteiger charge is -2.28. The number of hydrogen-bond donors (Lipinski definition) is 1. The predicted octanol–water partition coefficient (Wildman–Crippen LogP) is 4.67. The van der Waals surface area contributed by atoms with Gasteiger partial charge in [0.2, 0.25) is 0 Å². The van der Waals surface area contributed by atoms with E-state index in [0.29, 0.717) is 28.7 Å². The van der Waals surface area contributed by atoms with Crippen molar-refractivity contribution in [2.24, 2.45) is 0 Å². The SMILES string of the molecule is CCSc1nc(N2CCCCC2)c2cnn(CCNC(=O)c3cc(Cl)cc(Cl)c3)c2n1. The summed E-state index contributed by atoms with van der Waals surface area (Å²) in [5, 5.41) is 10.0. The summed E-state index contributed by atoms with van der Waals surface area (Å²) in [6, 6.07) is 4.79. The third kappa shape index (κ3) is 5.25. The van der Waals surface area contributed by atoms with Gasteiger partial charge in [-0.05, 0) is 43.2 Å². The highest BCUT2D eigenvalue weighted by Gasteiger charge is 2.20. The molecule has 0 aliphatic carbocycles. The second kappa shape index (κ2) is 10.1. The van der Waals surface area contributed by atoms with Gasteiger partial charge in [0.1, 0.15) is 5.82 Å². The number of rotatable bonds is 7. The second-order valence-corrected chi connectivity index (χ2v) is 9.43. The highest BCUT2D eigenvalue weighted by Crippen LogP contribution is 2.29. The fourth-order valence-corrected chi connectivity index (χ4v) is 4.77. The molecule has 0 saturated carbocycles. The first-order valence-electron chi connectivity index (χ1n) is 10.4. The first kappa shape index (κ1) is 22.2. The Balaban J connectivity index is 1.52. The molecule has 1 N–H and O–H groups in total. The number of benzene rings is 1. The van der Waals surface area contributed by atoms with E-state index >= 15 is 0 Å². The van der Waals surface area contributed by atoms with Gasteiger partial charge < -0.3 is 10.2 Å². The molecule has 1 aliphatic rings. The second-order valence-electron chi connectivity index (χ2n) is 7.33. The van der Waals surface area contributed by atoms with Crippen LogP contribution in [-0.4, -0.2) is 51.0 Å². The number of aromatic nitrogens is 4. The number of amides is 1. The van der Waals surface area contributed by atoms with Gasteiger partial charge >= 0.3 is 0 Å². The summed E-state index contributed by atoms with van der Waals surface area (Å²) in [6.07, 6.45) is 5.45. The summed E-state index contributed by atoms with van der Waals surface area (Å²) in [5.74, 6) is 1.63. The van der Waals surface area contributed by atoms with E-state index < -0.39 is 0 Å². The van der Waals surface area contributed by atoms with Gasteiger partial charge in [-0.15, -0.1) is 0 Å². The minimum absolute atomic E-state index is 0.230. The molecule has 1 aliphatic heterocycles. The van der Waals surface area contributed by atoms with Crippen LogP contribution in [0.5, 0.6) is 0 Å². The van der Waals surface area contributed by atoms with Crippen LogP contribution < -0.4 is 10.2 Å². The topological polar surface area (TPSA) is 75.9 Å². The molecule has 3 heterocycles. The van der Waals surface area contributed by atoms with Crippen LogP contribution in [0.15, 0.2) is 29.6 Å². The van der Waals surface area contributed by atoms with E-state index in [-0.39, 0.29) is 5.91 Å². The molecule has 0 radical (unpaired) electrons. The van der Waals surface area contributed by atoms with Crippen LogP contribution in [0.4, 0.5) is 5.82 Å². The average molecular weight is 479 g/mol. The fourth-order valence-electron chi connectivity index (χ4n) is 3.69.